The Morgan fingerprint density at radius 1 is 1.14 bits per heavy atom. The van der Waals surface area contributed by atoms with Gasteiger partial charge in [0.25, 0.3) is 0 Å². The zero-order chi connectivity index (χ0) is 20.5. The molecule has 1 atom stereocenters. The van der Waals surface area contributed by atoms with Gasteiger partial charge in [0.05, 0.1) is 11.0 Å². The highest BCUT2D eigenvalue weighted by Gasteiger charge is 2.32. The molecule has 2 N–H and O–H groups in total. The van der Waals surface area contributed by atoms with E-state index in [2.05, 4.69) is 21.3 Å². The van der Waals surface area contributed by atoms with Gasteiger partial charge in [0, 0.05) is 17.1 Å². The van der Waals surface area contributed by atoms with Crippen molar-refractivity contribution < 1.29 is 9.84 Å². The number of terminal acetylenes is 1. The van der Waals surface area contributed by atoms with E-state index >= 15 is 0 Å². The summed E-state index contributed by atoms with van der Waals surface area (Å²) in [7, 11) is 1.79. The monoisotopic (exact) mass is 426 g/mol. The Kier molecular flexibility index (Phi) is 5.20. The molecule has 29 heavy (non-hydrogen) atoms. The van der Waals surface area contributed by atoms with Gasteiger partial charge in [0.2, 0.25) is 0 Å². The number of hydrazine groups is 1. The SMILES string of the molecule is C#CCOC1=C(O)C(c2ccc(Cl)cc2)NN(C)c2nc3ccc(Cl)cc3nc21. The Bertz CT molecular complexity index is 1160. The predicted octanol–water partition coefficient (Wildman–Crippen LogP) is 4.51. The van der Waals surface area contributed by atoms with Gasteiger partial charge in [-0.05, 0) is 35.9 Å². The van der Waals surface area contributed by atoms with Crippen LogP contribution in [0.15, 0.2) is 48.2 Å². The third kappa shape index (κ3) is 3.68. The smallest absolute Gasteiger partial charge is 0.189 e. The number of nitrogens with zero attached hydrogens (tertiary/aromatic N) is 3. The largest absolute Gasteiger partial charge is 0.506 e. The molecule has 8 heteroatoms. The number of ether oxygens (including phenoxy) is 1. The van der Waals surface area contributed by atoms with Gasteiger partial charge in [-0.2, -0.15) is 0 Å². The molecule has 4 rings (SSSR count). The van der Waals surface area contributed by atoms with Crippen molar-refractivity contribution in [1.82, 2.24) is 15.4 Å². The quantitative estimate of drug-likeness (QED) is 0.600. The first-order valence-corrected chi connectivity index (χ1v) is 9.46. The fraction of sp³-hybridized carbons (Fsp3) is 0.143. The number of nitrogens with one attached hydrogen (secondary N) is 1. The zero-order valence-corrected chi connectivity index (χ0v) is 16.9. The predicted molar refractivity (Wildman–Crippen MR) is 115 cm³/mol. The van der Waals surface area contributed by atoms with Crippen molar-refractivity contribution in [2.45, 2.75) is 6.04 Å². The second-order valence-electron chi connectivity index (χ2n) is 6.41. The molecular weight excluding hydrogens is 411 g/mol. The lowest BCUT2D eigenvalue weighted by Crippen LogP contribution is -2.38. The van der Waals surface area contributed by atoms with Crippen LogP contribution >= 0.6 is 23.2 Å². The van der Waals surface area contributed by atoms with Gasteiger partial charge >= 0.3 is 0 Å². The van der Waals surface area contributed by atoms with Crippen LogP contribution in [0.25, 0.3) is 16.8 Å². The average molecular weight is 427 g/mol. The molecule has 0 radical (unpaired) electrons. The minimum Gasteiger partial charge on any atom is -0.506 e. The van der Waals surface area contributed by atoms with Crippen molar-refractivity contribution in [3.63, 3.8) is 0 Å². The highest BCUT2D eigenvalue weighted by atomic mass is 35.5. The molecule has 0 bridgehead atoms. The molecule has 1 aromatic heterocycles. The molecular formula is C21H16Cl2N4O2. The summed E-state index contributed by atoms with van der Waals surface area (Å²) >= 11 is 12.1. The number of fused-ring (bicyclic) bond motifs is 2. The molecule has 1 aliphatic heterocycles. The lowest BCUT2D eigenvalue weighted by molar-refractivity contribution is 0.278. The first kappa shape index (κ1) is 19.3. The Hall–Kier alpha value is -2.98. The van der Waals surface area contributed by atoms with Crippen LogP contribution in [-0.4, -0.2) is 28.7 Å². The van der Waals surface area contributed by atoms with Crippen LogP contribution in [0.3, 0.4) is 0 Å². The molecule has 6 nitrogen and oxygen atoms in total. The van der Waals surface area contributed by atoms with Gasteiger partial charge in [-0.3, -0.25) is 5.01 Å². The average Bonchev–Trinajstić information content (AvgIpc) is 2.81. The summed E-state index contributed by atoms with van der Waals surface area (Å²) in [5.41, 5.74) is 5.59. The molecule has 0 saturated heterocycles. The van der Waals surface area contributed by atoms with Crippen LogP contribution in [0, 0.1) is 12.3 Å². The van der Waals surface area contributed by atoms with Crippen LogP contribution in [0.2, 0.25) is 10.0 Å². The van der Waals surface area contributed by atoms with Crippen molar-refractivity contribution in [3.8, 4) is 12.3 Å². The summed E-state index contributed by atoms with van der Waals surface area (Å²) in [5.74, 6) is 2.99. The molecule has 0 spiro atoms. The molecule has 2 aromatic carbocycles. The molecule has 3 aromatic rings. The Morgan fingerprint density at radius 2 is 1.86 bits per heavy atom. The summed E-state index contributed by atoms with van der Waals surface area (Å²) in [5, 5.41) is 13.9. The minimum atomic E-state index is -0.618. The van der Waals surface area contributed by atoms with Gasteiger partial charge in [-0.25, -0.2) is 15.4 Å². The molecule has 0 saturated carbocycles. The number of benzene rings is 2. The second-order valence-corrected chi connectivity index (χ2v) is 7.28. The molecule has 0 fully saturated rings. The van der Waals surface area contributed by atoms with Gasteiger partial charge in [-0.15, -0.1) is 6.42 Å². The molecule has 0 aliphatic carbocycles. The lowest BCUT2D eigenvalue weighted by atomic mass is 10.0. The van der Waals surface area contributed by atoms with E-state index in [0.29, 0.717) is 32.6 Å². The van der Waals surface area contributed by atoms with Crippen LogP contribution in [0.5, 0.6) is 0 Å². The van der Waals surface area contributed by atoms with Crippen LogP contribution in [-0.2, 0) is 4.74 Å². The van der Waals surface area contributed by atoms with E-state index in [1.807, 2.05) is 12.1 Å². The number of aliphatic hydroxyl groups is 1. The fourth-order valence-electron chi connectivity index (χ4n) is 3.12. The Morgan fingerprint density at radius 3 is 2.59 bits per heavy atom. The van der Waals surface area contributed by atoms with Crippen molar-refractivity contribution in [2.24, 2.45) is 0 Å². The maximum absolute atomic E-state index is 11.1. The summed E-state index contributed by atoms with van der Waals surface area (Å²) in [6, 6.07) is 11.7. The number of rotatable bonds is 3. The Labute approximate surface area is 177 Å². The van der Waals surface area contributed by atoms with Gasteiger partial charge in [0.15, 0.2) is 23.0 Å². The number of aliphatic hydroxyl groups excluding tert-OH is 1. The van der Waals surface area contributed by atoms with E-state index in [1.165, 1.54) is 0 Å². The maximum atomic E-state index is 11.1. The lowest BCUT2D eigenvalue weighted by Gasteiger charge is -2.24. The topological polar surface area (TPSA) is 70.5 Å². The third-order valence-corrected chi connectivity index (χ3v) is 4.96. The molecule has 1 unspecified atom stereocenters. The van der Waals surface area contributed by atoms with Crippen molar-refractivity contribution in [2.75, 3.05) is 18.7 Å². The highest BCUT2D eigenvalue weighted by molar-refractivity contribution is 6.31. The molecule has 146 valence electrons. The first-order valence-electron chi connectivity index (χ1n) is 8.70. The minimum absolute atomic E-state index is 0.0366. The van der Waals surface area contributed by atoms with E-state index in [4.69, 9.17) is 34.4 Å². The number of anilines is 1. The van der Waals surface area contributed by atoms with Crippen molar-refractivity contribution in [3.05, 3.63) is 69.5 Å². The summed E-state index contributed by atoms with van der Waals surface area (Å²) in [4.78, 5) is 9.33. The normalized spacial score (nSPS) is 16.3. The maximum Gasteiger partial charge on any atom is 0.189 e. The van der Waals surface area contributed by atoms with Crippen LogP contribution < -0.4 is 10.4 Å². The Balaban J connectivity index is 1.93. The van der Waals surface area contributed by atoms with Crippen molar-refractivity contribution in [1.29, 1.82) is 0 Å². The standard InChI is InChI=1S/C21H16Cl2N4O2/c1-3-10-29-20-18-21(25-15-9-8-14(23)11-16(15)24-18)27(2)26-17(19(20)28)12-4-6-13(22)7-5-12/h1,4-9,11,17,26,28H,10H2,2H3. The summed E-state index contributed by atoms with van der Waals surface area (Å²) < 4.78 is 5.72. The van der Waals surface area contributed by atoms with Crippen LogP contribution in [0.4, 0.5) is 5.82 Å². The fourth-order valence-corrected chi connectivity index (χ4v) is 3.41. The van der Waals surface area contributed by atoms with Gasteiger partial charge < -0.3 is 9.84 Å². The van der Waals surface area contributed by atoms with Gasteiger partial charge in [-0.1, -0.05) is 41.3 Å². The van der Waals surface area contributed by atoms with E-state index < -0.39 is 6.04 Å². The number of hydrogen-bond acceptors (Lipinski definition) is 6. The van der Waals surface area contributed by atoms with E-state index in [1.54, 1.807) is 42.4 Å². The molecule has 2 heterocycles. The number of aromatic nitrogens is 2. The molecule has 0 amide bonds. The second kappa shape index (κ2) is 7.80. The van der Waals surface area contributed by atoms with Crippen molar-refractivity contribution >= 4 is 45.8 Å². The zero-order valence-electron chi connectivity index (χ0n) is 15.4. The highest BCUT2D eigenvalue weighted by Crippen LogP contribution is 2.36. The number of halogens is 2. The number of hydrogen-bond donors (Lipinski definition) is 2. The van der Waals surface area contributed by atoms with Gasteiger partial charge in [0.1, 0.15) is 12.6 Å². The van der Waals surface area contributed by atoms with E-state index in [-0.39, 0.29) is 18.1 Å². The van der Waals surface area contributed by atoms with Crippen LogP contribution in [0.1, 0.15) is 17.3 Å². The molecule has 1 aliphatic rings. The summed E-state index contributed by atoms with van der Waals surface area (Å²) in [6.07, 6.45) is 5.38. The third-order valence-electron chi connectivity index (χ3n) is 4.47. The first-order chi connectivity index (χ1) is 14.0. The van der Waals surface area contributed by atoms with E-state index in [9.17, 15) is 5.11 Å². The van der Waals surface area contributed by atoms with E-state index in [0.717, 1.165) is 5.56 Å². The summed E-state index contributed by atoms with van der Waals surface area (Å²) in [6.45, 7) is -0.0366.